The van der Waals surface area contributed by atoms with Crippen molar-refractivity contribution in [2.75, 3.05) is 26.7 Å². The zero-order valence-corrected chi connectivity index (χ0v) is 24.0. The van der Waals surface area contributed by atoms with Gasteiger partial charge in [-0.25, -0.2) is 4.79 Å². The number of hydrogen-bond donors (Lipinski definition) is 0. The normalized spacial score (nSPS) is 11.2. The lowest BCUT2D eigenvalue weighted by atomic mass is 10.0. The Morgan fingerprint density at radius 3 is 2.25 bits per heavy atom. The van der Waals surface area contributed by atoms with Gasteiger partial charge in [0.2, 0.25) is 0 Å². The summed E-state index contributed by atoms with van der Waals surface area (Å²) in [5.74, 6) is 0.468. The van der Waals surface area contributed by atoms with Crippen molar-refractivity contribution in [2.45, 2.75) is 80.7 Å². The van der Waals surface area contributed by atoms with Crippen molar-refractivity contribution in [2.24, 2.45) is 5.92 Å². The highest BCUT2D eigenvalue weighted by Crippen LogP contribution is 2.27. The molecular formula is C32H48N2O2. The molecule has 4 heteroatoms. The van der Waals surface area contributed by atoms with E-state index >= 15 is 0 Å². The largest absolute Gasteiger partial charge is 0.465 e. The number of carbonyl (C=O) groups excluding carboxylic acids is 1. The second-order valence-electron chi connectivity index (χ2n) is 9.96. The van der Waals surface area contributed by atoms with Crippen LogP contribution in [0.25, 0.3) is 10.9 Å². The average molecular weight is 493 g/mol. The van der Waals surface area contributed by atoms with Gasteiger partial charge in [-0.05, 0) is 106 Å². The highest BCUT2D eigenvalue weighted by atomic mass is 16.5. The molecule has 0 amide bonds. The van der Waals surface area contributed by atoms with Crippen LogP contribution >= 0.6 is 0 Å². The number of benzene rings is 2. The number of methoxy groups -OCH3 is 1. The van der Waals surface area contributed by atoms with Crippen LogP contribution in [0.2, 0.25) is 0 Å². The molecule has 0 N–H and O–H groups in total. The maximum absolute atomic E-state index is 11.7. The number of ether oxygens (including phenoxy) is 1. The van der Waals surface area contributed by atoms with E-state index in [-0.39, 0.29) is 5.97 Å². The lowest BCUT2D eigenvalue weighted by Gasteiger charge is -2.23. The monoisotopic (exact) mass is 492 g/mol. The van der Waals surface area contributed by atoms with Crippen LogP contribution in [0.1, 0.15) is 86.6 Å². The lowest BCUT2D eigenvalue weighted by Crippen LogP contribution is -2.28. The first-order valence-corrected chi connectivity index (χ1v) is 13.8. The van der Waals surface area contributed by atoms with E-state index in [2.05, 4.69) is 62.3 Å². The standard InChI is InChI=1S/C30H42N2O2.C2H6/c1-7-16-31(19-15-22(2)3)17-8-18-32-24(5)23(4)28-21-26(11-14-29(28)32)20-25-9-12-27(13-10-25)30(33)34-6;1-2/h9-14,21-22H,7-8,15-20H2,1-6H3;1-2H3. The average Bonchev–Trinajstić information content (AvgIpc) is 3.12. The van der Waals surface area contributed by atoms with E-state index in [9.17, 15) is 4.79 Å². The van der Waals surface area contributed by atoms with Crippen LogP contribution in [-0.4, -0.2) is 42.2 Å². The summed E-state index contributed by atoms with van der Waals surface area (Å²) in [6.07, 6.45) is 4.52. The Kier molecular flexibility index (Phi) is 12.2. The Hall–Kier alpha value is -2.59. The highest BCUT2D eigenvalue weighted by Gasteiger charge is 2.13. The molecule has 0 unspecified atom stereocenters. The first-order valence-electron chi connectivity index (χ1n) is 13.8. The summed E-state index contributed by atoms with van der Waals surface area (Å²) in [4.78, 5) is 14.3. The second kappa shape index (κ2) is 14.8. The molecule has 0 aliphatic carbocycles. The van der Waals surface area contributed by atoms with Gasteiger partial charge in [0.1, 0.15) is 0 Å². The van der Waals surface area contributed by atoms with Crippen molar-refractivity contribution < 1.29 is 9.53 Å². The number of hydrogen-bond acceptors (Lipinski definition) is 3. The lowest BCUT2D eigenvalue weighted by molar-refractivity contribution is 0.0600. The molecule has 3 rings (SSSR count). The Morgan fingerprint density at radius 1 is 0.972 bits per heavy atom. The fourth-order valence-electron chi connectivity index (χ4n) is 4.75. The van der Waals surface area contributed by atoms with Gasteiger partial charge in [0.25, 0.3) is 0 Å². The molecule has 2 aromatic carbocycles. The summed E-state index contributed by atoms with van der Waals surface area (Å²) >= 11 is 0. The number of rotatable bonds is 12. The Balaban J connectivity index is 0.00000222. The number of aromatic nitrogens is 1. The number of aryl methyl sites for hydroxylation is 2. The Bertz CT molecular complexity index is 1080. The topological polar surface area (TPSA) is 34.5 Å². The highest BCUT2D eigenvalue weighted by molar-refractivity contribution is 5.89. The van der Waals surface area contributed by atoms with Crippen LogP contribution < -0.4 is 0 Å². The molecule has 1 heterocycles. The SMILES string of the molecule is CC.CCCN(CCCn1c(C)c(C)c2cc(Cc3ccc(C(=O)OC)cc3)ccc21)CCC(C)C. The van der Waals surface area contributed by atoms with E-state index in [4.69, 9.17) is 4.74 Å². The van der Waals surface area contributed by atoms with Crippen LogP contribution in [0, 0.1) is 19.8 Å². The molecule has 0 spiro atoms. The number of fused-ring (bicyclic) bond motifs is 1. The molecule has 0 radical (unpaired) electrons. The molecule has 0 saturated heterocycles. The fourth-order valence-corrected chi connectivity index (χ4v) is 4.75. The van der Waals surface area contributed by atoms with Crippen LogP contribution in [0.15, 0.2) is 42.5 Å². The van der Waals surface area contributed by atoms with Crippen LogP contribution in [0.4, 0.5) is 0 Å². The third kappa shape index (κ3) is 7.96. The van der Waals surface area contributed by atoms with E-state index < -0.39 is 0 Å². The molecule has 0 aliphatic heterocycles. The minimum atomic E-state index is -0.293. The van der Waals surface area contributed by atoms with Crippen molar-refractivity contribution in [3.05, 3.63) is 70.4 Å². The summed E-state index contributed by atoms with van der Waals surface area (Å²) < 4.78 is 7.31. The van der Waals surface area contributed by atoms with Crippen molar-refractivity contribution in [3.63, 3.8) is 0 Å². The van der Waals surface area contributed by atoms with Gasteiger partial charge >= 0.3 is 5.97 Å². The summed E-state index contributed by atoms with van der Waals surface area (Å²) in [5.41, 5.74) is 7.16. The number of carbonyl (C=O) groups is 1. The summed E-state index contributed by atoms with van der Waals surface area (Å²) in [6.45, 7) is 20.0. The molecule has 0 bridgehead atoms. The Labute approximate surface area is 219 Å². The zero-order chi connectivity index (χ0) is 26.7. The summed E-state index contributed by atoms with van der Waals surface area (Å²) in [7, 11) is 1.41. The Morgan fingerprint density at radius 2 is 1.64 bits per heavy atom. The van der Waals surface area contributed by atoms with Crippen molar-refractivity contribution >= 4 is 16.9 Å². The molecule has 36 heavy (non-hydrogen) atoms. The third-order valence-electron chi connectivity index (χ3n) is 6.91. The predicted octanol–water partition coefficient (Wildman–Crippen LogP) is 7.81. The van der Waals surface area contributed by atoms with E-state index in [1.165, 1.54) is 79.3 Å². The van der Waals surface area contributed by atoms with Gasteiger partial charge in [-0.3, -0.25) is 0 Å². The van der Waals surface area contributed by atoms with Crippen molar-refractivity contribution in [1.82, 2.24) is 9.47 Å². The van der Waals surface area contributed by atoms with Crippen LogP contribution in [-0.2, 0) is 17.7 Å². The predicted molar refractivity (Wildman–Crippen MR) is 154 cm³/mol. The van der Waals surface area contributed by atoms with E-state index in [1.54, 1.807) is 0 Å². The first kappa shape index (κ1) is 29.6. The molecule has 3 aromatic rings. The maximum Gasteiger partial charge on any atom is 0.337 e. The van der Waals surface area contributed by atoms with Gasteiger partial charge in [-0.15, -0.1) is 0 Å². The molecule has 4 nitrogen and oxygen atoms in total. The summed E-state index contributed by atoms with van der Waals surface area (Å²) in [5, 5.41) is 1.35. The van der Waals surface area contributed by atoms with E-state index in [0.717, 1.165) is 18.9 Å². The second-order valence-corrected chi connectivity index (χ2v) is 9.96. The molecule has 198 valence electrons. The number of esters is 1. The first-order chi connectivity index (χ1) is 17.3. The molecular weight excluding hydrogens is 444 g/mol. The maximum atomic E-state index is 11.7. The van der Waals surface area contributed by atoms with E-state index in [0.29, 0.717) is 5.56 Å². The zero-order valence-electron chi connectivity index (χ0n) is 24.0. The van der Waals surface area contributed by atoms with Gasteiger partial charge in [0.05, 0.1) is 12.7 Å². The molecule has 1 aromatic heterocycles. The van der Waals surface area contributed by atoms with Gasteiger partial charge in [0, 0.05) is 23.1 Å². The molecule has 0 aliphatic rings. The van der Waals surface area contributed by atoms with Gasteiger partial charge in [-0.2, -0.15) is 0 Å². The van der Waals surface area contributed by atoms with Gasteiger partial charge in [-0.1, -0.05) is 52.8 Å². The molecule has 0 atom stereocenters. The van der Waals surface area contributed by atoms with Crippen LogP contribution in [0.3, 0.4) is 0 Å². The minimum absolute atomic E-state index is 0.293. The molecule has 0 saturated carbocycles. The summed E-state index contributed by atoms with van der Waals surface area (Å²) in [6, 6.07) is 14.6. The fraction of sp³-hybridized carbons (Fsp3) is 0.531. The van der Waals surface area contributed by atoms with Crippen LogP contribution in [0.5, 0.6) is 0 Å². The van der Waals surface area contributed by atoms with E-state index in [1.807, 2.05) is 38.1 Å². The van der Waals surface area contributed by atoms with Gasteiger partial charge in [0.15, 0.2) is 0 Å². The van der Waals surface area contributed by atoms with Crippen molar-refractivity contribution in [3.8, 4) is 0 Å². The minimum Gasteiger partial charge on any atom is -0.465 e. The third-order valence-corrected chi connectivity index (χ3v) is 6.91. The number of nitrogens with zero attached hydrogens (tertiary/aromatic N) is 2. The smallest absolute Gasteiger partial charge is 0.337 e. The quantitative estimate of drug-likeness (QED) is 0.242. The van der Waals surface area contributed by atoms with Gasteiger partial charge < -0.3 is 14.2 Å². The molecule has 0 fully saturated rings. The van der Waals surface area contributed by atoms with Crippen molar-refractivity contribution in [1.29, 1.82) is 0 Å².